The summed E-state index contributed by atoms with van der Waals surface area (Å²) >= 11 is 5.35. The van der Waals surface area contributed by atoms with Crippen LogP contribution >= 0.6 is 12.2 Å². The maximum atomic E-state index is 12.0. The molecule has 36 heavy (non-hydrogen) atoms. The van der Waals surface area contributed by atoms with E-state index in [1.807, 2.05) is 27.7 Å². The molecule has 2 aliphatic heterocycles. The minimum absolute atomic E-state index is 0.0238. The lowest BCUT2D eigenvalue weighted by atomic mass is 9.74. The van der Waals surface area contributed by atoms with Gasteiger partial charge in [0, 0.05) is 36.8 Å². The van der Waals surface area contributed by atoms with Gasteiger partial charge in [0.05, 0.1) is 24.9 Å². The zero-order chi connectivity index (χ0) is 27.1. The number of nitrogens with one attached hydrogen (secondary N) is 2. The van der Waals surface area contributed by atoms with Gasteiger partial charge in [0.1, 0.15) is 18.3 Å². The van der Waals surface area contributed by atoms with Crippen LogP contribution in [0.1, 0.15) is 85.5 Å². The van der Waals surface area contributed by atoms with Crippen LogP contribution in [-0.2, 0) is 23.9 Å². The number of carbonyl (C=O) groups excluding carboxylic acids is 2. The number of ether oxygens (including phenoxy) is 2. The summed E-state index contributed by atoms with van der Waals surface area (Å²) < 4.78 is 10.9. The Kier molecular flexibility index (Phi) is 10.5. The number of carboxylic acid groups (broad SMARTS) is 1. The maximum absolute atomic E-state index is 12.0. The SMILES string of the molecule is CC(C)(CCCNC(=S)NCCCC(C)(C)C1CC(O)(CC(=O)O)CC(=O)O1)C1C[C](O)CC(=O)O1. The van der Waals surface area contributed by atoms with E-state index >= 15 is 0 Å². The lowest BCUT2D eigenvalue weighted by Gasteiger charge is -2.42. The molecule has 2 aliphatic rings. The molecule has 1 radical (unpaired) electrons. The minimum atomic E-state index is -1.58. The van der Waals surface area contributed by atoms with Crippen LogP contribution in [0.2, 0.25) is 0 Å². The number of hydrogen-bond acceptors (Lipinski definition) is 8. The van der Waals surface area contributed by atoms with Crippen LogP contribution in [0, 0.1) is 16.9 Å². The molecule has 2 saturated heterocycles. The Balaban J connectivity index is 1.67. The Morgan fingerprint density at radius 1 is 1.03 bits per heavy atom. The van der Waals surface area contributed by atoms with Gasteiger partial charge < -0.3 is 35.4 Å². The second-order valence-electron chi connectivity index (χ2n) is 11.4. The van der Waals surface area contributed by atoms with Crippen molar-refractivity contribution in [3.8, 4) is 0 Å². The van der Waals surface area contributed by atoms with E-state index in [0.29, 0.717) is 31.0 Å². The number of hydrogen-bond donors (Lipinski definition) is 5. The van der Waals surface area contributed by atoms with Crippen LogP contribution in [0.25, 0.3) is 0 Å². The van der Waals surface area contributed by atoms with Crippen molar-refractivity contribution in [2.75, 3.05) is 13.1 Å². The van der Waals surface area contributed by atoms with Gasteiger partial charge in [-0.05, 0) is 37.9 Å². The predicted molar refractivity (Wildman–Crippen MR) is 135 cm³/mol. The van der Waals surface area contributed by atoms with Crippen molar-refractivity contribution >= 4 is 35.2 Å². The highest BCUT2D eigenvalue weighted by Crippen LogP contribution is 2.40. The van der Waals surface area contributed by atoms with Gasteiger partial charge in [0.25, 0.3) is 0 Å². The first kappa shape index (κ1) is 30.2. The van der Waals surface area contributed by atoms with Crippen LogP contribution < -0.4 is 10.6 Å². The third kappa shape index (κ3) is 9.48. The van der Waals surface area contributed by atoms with Gasteiger partial charge in [-0.2, -0.15) is 0 Å². The number of esters is 2. The number of aliphatic carboxylic acids is 1. The number of thiocarbonyl (C=S) groups is 1. The standard InChI is InChI=1S/C25H41N2O8S/c1-23(2,17-11-16(28)12-20(31)34-17)7-5-9-26-22(36)27-10-6-8-24(3,4)18-13-25(33,14-19(29)30)15-21(32)35-18/h17-18,28,33H,5-15H2,1-4H3,(H,29,30)(H2,26,27,36). The fraction of sp³-hybridized carbons (Fsp3) is 0.800. The van der Waals surface area contributed by atoms with Crippen LogP contribution in [0.3, 0.4) is 0 Å². The fourth-order valence-corrected chi connectivity index (χ4v) is 4.99. The maximum Gasteiger partial charge on any atom is 0.309 e. The lowest BCUT2D eigenvalue weighted by molar-refractivity contribution is -0.184. The number of aliphatic hydroxyl groups is 2. The molecule has 0 aromatic carbocycles. The first-order valence-corrected chi connectivity index (χ1v) is 12.9. The lowest BCUT2D eigenvalue weighted by Crippen LogP contribution is -2.49. The van der Waals surface area contributed by atoms with Crippen LogP contribution in [0.5, 0.6) is 0 Å². The minimum Gasteiger partial charge on any atom is -0.481 e. The van der Waals surface area contributed by atoms with Crippen molar-refractivity contribution in [3.63, 3.8) is 0 Å². The Hall–Kier alpha value is -1.98. The Bertz CT molecular complexity index is 814. The molecule has 0 aromatic heterocycles. The fourth-order valence-electron chi connectivity index (χ4n) is 4.79. The highest BCUT2D eigenvalue weighted by atomic mass is 32.1. The highest BCUT2D eigenvalue weighted by Gasteiger charge is 2.46. The van der Waals surface area contributed by atoms with Gasteiger partial charge in [-0.25, -0.2) is 0 Å². The molecule has 0 bridgehead atoms. The summed E-state index contributed by atoms with van der Waals surface area (Å²) in [4.78, 5) is 34.7. The van der Waals surface area contributed by atoms with E-state index in [1.165, 1.54) is 0 Å². The topological polar surface area (TPSA) is 154 Å². The molecule has 5 N–H and O–H groups in total. The van der Waals surface area contributed by atoms with Crippen LogP contribution in [0.15, 0.2) is 0 Å². The van der Waals surface area contributed by atoms with E-state index < -0.39 is 35.5 Å². The Morgan fingerprint density at radius 3 is 2.08 bits per heavy atom. The zero-order valence-electron chi connectivity index (χ0n) is 21.7. The number of carbonyl (C=O) groups is 3. The third-order valence-electron chi connectivity index (χ3n) is 7.15. The zero-order valence-corrected chi connectivity index (χ0v) is 22.5. The number of rotatable bonds is 12. The molecular formula is C25H41N2O8S. The van der Waals surface area contributed by atoms with Crippen LogP contribution in [0.4, 0.5) is 0 Å². The molecule has 205 valence electrons. The van der Waals surface area contributed by atoms with Crippen molar-refractivity contribution in [1.82, 2.24) is 10.6 Å². The van der Waals surface area contributed by atoms with Crippen molar-refractivity contribution in [2.24, 2.45) is 10.8 Å². The predicted octanol–water partition coefficient (Wildman–Crippen LogP) is 2.58. The van der Waals surface area contributed by atoms with E-state index in [0.717, 1.165) is 19.3 Å². The molecule has 0 spiro atoms. The molecule has 3 unspecified atom stereocenters. The van der Waals surface area contributed by atoms with Gasteiger partial charge in [-0.1, -0.05) is 27.7 Å². The van der Waals surface area contributed by atoms with Gasteiger partial charge in [0.2, 0.25) is 0 Å². The summed E-state index contributed by atoms with van der Waals surface area (Å²) in [5.74, 6) is -2.11. The van der Waals surface area contributed by atoms with Crippen molar-refractivity contribution in [1.29, 1.82) is 0 Å². The average molecular weight is 530 g/mol. The summed E-state index contributed by atoms with van der Waals surface area (Å²) in [7, 11) is 0. The molecule has 0 aromatic rings. The van der Waals surface area contributed by atoms with Gasteiger partial charge in [0.15, 0.2) is 5.11 Å². The molecule has 2 rings (SSSR count). The van der Waals surface area contributed by atoms with Crippen molar-refractivity contribution in [2.45, 2.75) is 103 Å². The summed E-state index contributed by atoms with van der Waals surface area (Å²) in [6.45, 7) is 9.18. The Morgan fingerprint density at radius 2 is 1.56 bits per heavy atom. The Labute approximate surface area is 218 Å². The van der Waals surface area contributed by atoms with Crippen LogP contribution in [-0.4, -0.2) is 69.2 Å². The van der Waals surface area contributed by atoms with E-state index in [2.05, 4.69) is 10.6 Å². The number of cyclic esters (lactones) is 2. The smallest absolute Gasteiger partial charge is 0.309 e. The summed E-state index contributed by atoms with van der Waals surface area (Å²) in [5, 5.41) is 36.3. The second kappa shape index (κ2) is 12.5. The van der Waals surface area contributed by atoms with Crippen molar-refractivity contribution in [3.05, 3.63) is 6.10 Å². The molecule has 0 amide bonds. The average Bonchev–Trinajstić information content (AvgIpc) is 2.72. The van der Waals surface area contributed by atoms with E-state index in [4.69, 9.17) is 26.8 Å². The number of carboxylic acids is 1. The third-order valence-corrected chi connectivity index (χ3v) is 7.43. The van der Waals surface area contributed by atoms with E-state index in [-0.39, 0.29) is 42.9 Å². The first-order valence-electron chi connectivity index (χ1n) is 12.5. The van der Waals surface area contributed by atoms with E-state index in [1.54, 1.807) is 0 Å². The molecule has 3 atom stereocenters. The molecule has 0 aliphatic carbocycles. The molecule has 10 nitrogen and oxygen atoms in total. The number of aliphatic hydroxyl groups excluding tert-OH is 1. The molecule has 0 saturated carbocycles. The van der Waals surface area contributed by atoms with Crippen molar-refractivity contribution < 1.29 is 39.2 Å². The summed E-state index contributed by atoms with van der Waals surface area (Å²) in [6, 6.07) is 0. The molecule has 2 heterocycles. The van der Waals surface area contributed by atoms with Gasteiger partial charge >= 0.3 is 17.9 Å². The molecule has 2 fully saturated rings. The van der Waals surface area contributed by atoms with Gasteiger partial charge in [-0.15, -0.1) is 0 Å². The summed E-state index contributed by atoms with van der Waals surface area (Å²) in [5.41, 5.74) is -2.30. The monoisotopic (exact) mass is 529 g/mol. The molecular weight excluding hydrogens is 488 g/mol. The van der Waals surface area contributed by atoms with E-state index in [9.17, 15) is 24.6 Å². The largest absolute Gasteiger partial charge is 0.481 e. The highest BCUT2D eigenvalue weighted by molar-refractivity contribution is 7.80. The van der Waals surface area contributed by atoms with Gasteiger partial charge in [-0.3, -0.25) is 14.4 Å². The normalized spacial score (nSPS) is 25.6. The second-order valence-corrected chi connectivity index (χ2v) is 11.9. The first-order chi connectivity index (χ1) is 16.6. The summed E-state index contributed by atoms with van der Waals surface area (Å²) in [6.07, 6.45) is 1.94. The quantitative estimate of drug-likeness (QED) is 0.144. The molecule has 11 heteroatoms.